The summed E-state index contributed by atoms with van der Waals surface area (Å²) in [7, 11) is 0. The second kappa shape index (κ2) is 3.81. The van der Waals surface area contributed by atoms with Gasteiger partial charge in [0, 0.05) is 5.70 Å². The quantitative estimate of drug-likeness (QED) is 0.739. The number of allylic oxidation sites excluding steroid dienone is 4. The van der Waals surface area contributed by atoms with Crippen LogP contribution in [0.15, 0.2) is 35.6 Å². The molecule has 4 N–H and O–H groups in total. The lowest BCUT2D eigenvalue weighted by molar-refractivity contribution is -0.129. The monoisotopic (exact) mass is 218 g/mol. The first-order valence-corrected chi connectivity index (χ1v) is 5.72. The number of primary amides is 1. The Morgan fingerprint density at radius 1 is 1.38 bits per heavy atom. The van der Waals surface area contributed by atoms with Crippen LogP contribution >= 0.6 is 0 Å². The molecule has 1 fully saturated rings. The molecular formula is C13H18N2O. The lowest BCUT2D eigenvalue weighted by Crippen LogP contribution is -2.44. The average Bonchev–Trinajstić information content (AvgIpc) is 2.25. The van der Waals surface area contributed by atoms with E-state index in [9.17, 15) is 4.79 Å². The molecule has 0 saturated heterocycles. The molecule has 1 amide bonds. The van der Waals surface area contributed by atoms with Crippen molar-refractivity contribution in [2.75, 3.05) is 0 Å². The standard InChI is InChI=1S/C13H18N2O/c1-9-7-10(3-4-11(14)8-9)13(12(15)16)5-2-6-13/h3-4,7-9H,2,5-6,14H2,1H3,(H2,15,16). The number of nitrogens with two attached hydrogens (primary N) is 2. The van der Waals surface area contributed by atoms with Crippen molar-refractivity contribution in [1.29, 1.82) is 0 Å². The molecule has 1 atom stereocenters. The highest BCUT2D eigenvalue weighted by molar-refractivity contribution is 5.86. The third-order valence-electron chi connectivity index (χ3n) is 3.58. The fraction of sp³-hybridized carbons (Fsp3) is 0.462. The Hall–Kier alpha value is -1.51. The highest BCUT2D eigenvalue weighted by Crippen LogP contribution is 2.48. The van der Waals surface area contributed by atoms with Gasteiger partial charge in [-0.15, -0.1) is 0 Å². The summed E-state index contributed by atoms with van der Waals surface area (Å²) in [4.78, 5) is 11.6. The Morgan fingerprint density at radius 2 is 2.06 bits per heavy atom. The first-order valence-electron chi connectivity index (χ1n) is 5.72. The van der Waals surface area contributed by atoms with Gasteiger partial charge < -0.3 is 11.5 Å². The Kier molecular flexibility index (Phi) is 2.62. The predicted octanol–water partition coefficient (Wildman–Crippen LogP) is 1.62. The van der Waals surface area contributed by atoms with E-state index in [1.54, 1.807) is 0 Å². The SMILES string of the molecule is CC1C=C(N)C=CC(C2(C(N)=O)CCC2)=C1. The molecule has 3 heteroatoms. The summed E-state index contributed by atoms with van der Waals surface area (Å²) < 4.78 is 0. The third kappa shape index (κ3) is 1.66. The first-order chi connectivity index (χ1) is 7.54. The van der Waals surface area contributed by atoms with E-state index in [1.165, 1.54) is 0 Å². The van der Waals surface area contributed by atoms with Crippen molar-refractivity contribution in [2.24, 2.45) is 22.8 Å². The lowest BCUT2D eigenvalue weighted by atomic mass is 9.63. The highest BCUT2D eigenvalue weighted by atomic mass is 16.1. The van der Waals surface area contributed by atoms with Crippen molar-refractivity contribution < 1.29 is 4.79 Å². The molecule has 0 aromatic rings. The number of carbonyl (C=O) groups excluding carboxylic acids is 1. The molecule has 0 aromatic heterocycles. The van der Waals surface area contributed by atoms with E-state index in [0.29, 0.717) is 0 Å². The van der Waals surface area contributed by atoms with Crippen LogP contribution in [0.2, 0.25) is 0 Å². The molecule has 0 spiro atoms. The van der Waals surface area contributed by atoms with Crippen LogP contribution in [0.4, 0.5) is 0 Å². The van der Waals surface area contributed by atoms with E-state index in [2.05, 4.69) is 13.0 Å². The summed E-state index contributed by atoms with van der Waals surface area (Å²) in [6.45, 7) is 2.06. The molecule has 2 rings (SSSR count). The molecule has 0 aliphatic heterocycles. The number of amides is 1. The summed E-state index contributed by atoms with van der Waals surface area (Å²) in [6.07, 6.45) is 10.7. The molecule has 3 nitrogen and oxygen atoms in total. The van der Waals surface area contributed by atoms with Crippen molar-refractivity contribution >= 4 is 5.91 Å². The van der Waals surface area contributed by atoms with Crippen LogP contribution in [0.3, 0.4) is 0 Å². The van der Waals surface area contributed by atoms with Gasteiger partial charge in [0.1, 0.15) is 0 Å². The number of rotatable bonds is 2. The van der Waals surface area contributed by atoms with Gasteiger partial charge in [-0.1, -0.05) is 31.6 Å². The van der Waals surface area contributed by atoms with Gasteiger partial charge in [-0.2, -0.15) is 0 Å². The van der Waals surface area contributed by atoms with Gasteiger partial charge in [0.05, 0.1) is 5.41 Å². The molecular weight excluding hydrogens is 200 g/mol. The fourth-order valence-corrected chi connectivity index (χ4v) is 2.46. The van der Waals surface area contributed by atoms with E-state index < -0.39 is 5.41 Å². The van der Waals surface area contributed by atoms with Gasteiger partial charge in [-0.05, 0) is 30.4 Å². The number of carbonyl (C=O) groups is 1. The van der Waals surface area contributed by atoms with Gasteiger partial charge >= 0.3 is 0 Å². The Bertz CT molecular complexity index is 400. The van der Waals surface area contributed by atoms with Gasteiger partial charge in [-0.25, -0.2) is 0 Å². The maximum absolute atomic E-state index is 11.6. The largest absolute Gasteiger partial charge is 0.399 e. The molecule has 0 radical (unpaired) electrons. The van der Waals surface area contributed by atoms with Crippen molar-refractivity contribution in [3.8, 4) is 0 Å². The average molecular weight is 218 g/mol. The van der Waals surface area contributed by atoms with Gasteiger partial charge in [0.2, 0.25) is 5.91 Å². The fourth-order valence-electron chi connectivity index (χ4n) is 2.46. The van der Waals surface area contributed by atoms with E-state index >= 15 is 0 Å². The minimum Gasteiger partial charge on any atom is -0.399 e. The van der Waals surface area contributed by atoms with Crippen LogP contribution in [-0.2, 0) is 4.79 Å². The Morgan fingerprint density at radius 3 is 2.56 bits per heavy atom. The maximum Gasteiger partial charge on any atom is 0.228 e. The van der Waals surface area contributed by atoms with Gasteiger partial charge in [-0.3, -0.25) is 4.79 Å². The zero-order chi connectivity index (χ0) is 11.8. The molecule has 16 heavy (non-hydrogen) atoms. The maximum atomic E-state index is 11.6. The van der Waals surface area contributed by atoms with Crippen LogP contribution in [0, 0.1) is 11.3 Å². The zero-order valence-electron chi connectivity index (χ0n) is 9.57. The summed E-state index contributed by atoms with van der Waals surface area (Å²) in [5, 5.41) is 0. The van der Waals surface area contributed by atoms with Crippen molar-refractivity contribution in [3.05, 3.63) is 35.6 Å². The van der Waals surface area contributed by atoms with E-state index in [0.717, 1.165) is 30.5 Å². The Labute approximate surface area is 95.9 Å². The van der Waals surface area contributed by atoms with Crippen LogP contribution in [0.1, 0.15) is 26.2 Å². The second-order valence-electron chi connectivity index (χ2n) is 4.78. The molecule has 0 bridgehead atoms. The van der Waals surface area contributed by atoms with Crippen LogP contribution < -0.4 is 11.5 Å². The Balaban J connectivity index is 2.34. The topological polar surface area (TPSA) is 69.1 Å². The number of hydrogen-bond acceptors (Lipinski definition) is 2. The van der Waals surface area contributed by atoms with Crippen molar-refractivity contribution in [3.63, 3.8) is 0 Å². The zero-order valence-corrected chi connectivity index (χ0v) is 9.57. The summed E-state index contributed by atoms with van der Waals surface area (Å²) >= 11 is 0. The predicted molar refractivity (Wildman–Crippen MR) is 64.1 cm³/mol. The summed E-state index contributed by atoms with van der Waals surface area (Å²) in [6, 6.07) is 0. The smallest absolute Gasteiger partial charge is 0.228 e. The molecule has 0 aromatic carbocycles. The van der Waals surface area contributed by atoms with Crippen molar-refractivity contribution in [1.82, 2.24) is 0 Å². The summed E-state index contributed by atoms with van der Waals surface area (Å²) in [5.41, 5.74) is 12.7. The van der Waals surface area contributed by atoms with Gasteiger partial charge in [0.25, 0.3) is 0 Å². The number of hydrogen-bond donors (Lipinski definition) is 2. The van der Waals surface area contributed by atoms with Crippen molar-refractivity contribution in [2.45, 2.75) is 26.2 Å². The normalized spacial score (nSPS) is 27.4. The lowest BCUT2D eigenvalue weighted by Gasteiger charge is -2.40. The van der Waals surface area contributed by atoms with Crippen LogP contribution in [-0.4, -0.2) is 5.91 Å². The van der Waals surface area contributed by atoms with Gasteiger partial charge in [0.15, 0.2) is 0 Å². The molecule has 2 aliphatic carbocycles. The highest BCUT2D eigenvalue weighted by Gasteiger charge is 2.45. The third-order valence-corrected chi connectivity index (χ3v) is 3.58. The summed E-state index contributed by atoms with van der Waals surface area (Å²) in [5.74, 6) is 0.0455. The van der Waals surface area contributed by atoms with Crippen LogP contribution in [0.5, 0.6) is 0 Å². The minimum absolute atomic E-state index is 0.206. The second-order valence-corrected chi connectivity index (χ2v) is 4.78. The van der Waals surface area contributed by atoms with Crippen LogP contribution in [0.25, 0.3) is 0 Å². The van der Waals surface area contributed by atoms with E-state index in [1.807, 2.05) is 18.2 Å². The minimum atomic E-state index is -0.427. The van der Waals surface area contributed by atoms with E-state index in [4.69, 9.17) is 11.5 Å². The molecule has 1 saturated carbocycles. The molecule has 0 heterocycles. The first kappa shape index (κ1) is 11.0. The molecule has 86 valence electrons. The molecule has 1 unspecified atom stereocenters. The molecule has 2 aliphatic rings. The van der Waals surface area contributed by atoms with E-state index in [-0.39, 0.29) is 11.8 Å².